The third-order valence-corrected chi connectivity index (χ3v) is 11.7. The van der Waals surface area contributed by atoms with Crippen LogP contribution in [-0.4, -0.2) is 99.9 Å². The number of fused-ring (bicyclic) bond motifs is 2. The minimum Gasteiger partial charge on any atom is -0.456 e. The van der Waals surface area contributed by atoms with Crippen LogP contribution in [0.2, 0.25) is 30.7 Å². The van der Waals surface area contributed by atoms with Crippen LogP contribution in [-0.2, 0) is 35.4 Å². The number of rotatable bonds is 11. The molecule has 6 rings (SSSR count). The molecule has 2 aromatic carbocycles. The van der Waals surface area contributed by atoms with Crippen molar-refractivity contribution >= 4 is 51.8 Å². The largest absolute Gasteiger partial charge is 0.472 e. The first kappa shape index (κ1) is 37.3. The first-order valence-electron chi connectivity index (χ1n) is 16.1. The summed E-state index contributed by atoms with van der Waals surface area (Å²) < 4.78 is 77.6. The smallest absolute Gasteiger partial charge is 0.456 e. The van der Waals surface area contributed by atoms with Crippen LogP contribution in [0.4, 0.5) is 13.2 Å². The number of ether oxygens (including phenoxy) is 4. The Bertz CT molecular complexity index is 2030. The number of amides is 1. The molecular weight excluding hydrogens is 729 g/mol. The SMILES string of the molecule is C[Si](C)(C)CCOCn1c(O[C@@H]2CO[C@H]3[C@@H]2OC[C@H]3O)nc2cc(Cl)c(-c3ccc(-c4ccc(C=S(C)(=O)NC(=O)C(F)(F)F)cc4)cc3)nc21. The number of hydrogen-bond donors (Lipinski definition) is 2. The van der Waals surface area contributed by atoms with Gasteiger partial charge in [-0.1, -0.05) is 79.8 Å². The van der Waals surface area contributed by atoms with Crippen LogP contribution in [0.25, 0.3) is 33.5 Å². The van der Waals surface area contributed by atoms with Crippen LogP contribution in [0.1, 0.15) is 5.56 Å². The Kier molecular flexibility index (Phi) is 10.6. The molecule has 2 aromatic heterocycles. The summed E-state index contributed by atoms with van der Waals surface area (Å²) in [6.07, 6.45) is -6.21. The number of imidazole rings is 1. The monoisotopic (exact) mass is 766 g/mol. The van der Waals surface area contributed by atoms with E-state index < -0.39 is 54.3 Å². The number of carbonyl (C=O) groups is 1. The van der Waals surface area contributed by atoms with Gasteiger partial charge in [0.25, 0.3) is 0 Å². The van der Waals surface area contributed by atoms with E-state index in [2.05, 4.69) is 19.6 Å². The fourth-order valence-corrected chi connectivity index (χ4v) is 7.96. The van der Waals surface area contributed by atoms with Gasteiger partial charge in [0.2, 0.25) is 0 Å². The predicted molar refractivity (Wildman–Crippen MR) is 191 cm³/mol. The number of nitrogens with one attached hydrogen (secondary N) is 1. The average molecular weight is 767 g/mol. The second-order valence-electron chi connectivity index (χ2n) is 13.8. The molecule has 2 saturated heterocycles. The summed E-state index contributed by atoms with van der Waals surface area (Å²) >= 11 is 6.76. The van der Waals surface area contributed by atoms with Crippen molar-refractivity contribution in [3.8, 4) is 28.4 Å². The lowest BCUT2D eigenvalue weighted by Crippen LogP contribution is -2.40. The number of alkyl halides is 3. The molecule has 2 aliphatic heterocycles. The highest BCUT2D eigenvalue weighted by molar-refractivity contribution is 7.99. The molecule has 51 heavy (non-hydrogen) atoms. The number of pyridine rings is 1. The summed E-state index contributed by atoms with van der Waals surface area (Å²) in [5.41, 5.74) is 4.28. The van der Waals surface area contributed by atoms with Crippen molar-refractivity contribution in [2.45, 2.75) is 63.0 Å². The Balaban J connectivity index is 1.24. The fourth-order valence-electron chi connectivity index (χ4n) is 5.73. The number of carbonyl (C=O) groups excluding carboxylic acids is 1. The van der Waals surface area contributed by atoms with Crippen molar-refractivity contribution in [1.82, 2.24) is 19.3 Å². The number of aromatic nitrogens is 3. The van der Waals surface area contributed by atoms with Gasteiger partial charge in [0.1, 0.15) is 30.6 Å². The maximum Gasteiger partial charge on any atom is 0.472 e. The Labute approximate surface area is 299 Å². The molecular formula is C34H38ClF3N4O7SSi. The van der Waals surface area contributed by atoms with E-state index in [1.165, 1.54) is 4.72 Å². The zero-order valence-electron chi connectivity index (χ0n) is 28.3. The molecule has 1 amide bonds. The number of hydrogen-bond acceptors (Lipinski definition) is 9. The van der Waals surface area contributed by atoms with Crippen molar-refractivity contribution in [3.05, 3.63) is 65.2 Å². The van der Waals surface area contributed by atoms with Gasteiger partial charge in [0, 0.05) is 31.9 Å². The van der Waals surface area contributed by atoms with Crippen LogP contribution in [0, 0.1) is 0 Å². The molecule has 274 valence electrons. The summed E-state index contributed by atoms with van der Waals surface area (Å²) in [7, 11) is -4.77. The van der Waals surface area contributed by atoms with Gasteiger partial charge in [-0.05, 0) is 28.8 Å². The third kappa shape index (κ3) is 8.76. The van der Waals surface area contributed by atoms with Gasteiger partial charge in [-0.15, -0.1) is 0 Å². The number of nitrogens with zero attached hydrogens (tertiary/aromatic N) is 3. The van der Waals surface area contributed by atoms with Gasteiger partial charge < -0.3 is 24.1 Å². The van der Waals surface area contributed by atoms with Gasteiger partial charge in [-0.25, -0.2) is 9.19 Å². The van der Waals surface area contributed by atoms with Crippen molar-refractivity contribution in [1.29, 1.82) is 0 Å². The molecule has 2 fully saturated rings. The van der Waals surface area contributed by atoms with Gasteiger partial charge in [-0.3, -0.25) is 14.1 Å². The second kappa shape index (κ2) is 14.5. The van der Waals surface area contributed by atoms with Crippen LogP contribution in [0.5, 0.6) is 6.01 Å². The summed E-state index contributed by atoms with van der Waals surface area (Å²) in [6.45, 7) is 7.94. The lowest BCUT2D eigenvalue weighted by atomic mass is 10.0. The van der Waals surface area contributed by atoms with E-state index in [0.29, 0.717) is 34.1 Å². The van der Waals surface area contributed by atoms with E-state index in [0.717, 1.165) is 34.4 Å². The van der Waals surface area contributed by atoms with E-state index >= 15 is 0 Å². The van der Waals surface area contributed by atoms with Crippen molar-refractivity contribution in [2.75, 3.05) is 26.1 Å². The van der Waals surface area contributed by atoms with Gasteiger partial charge in [0.05, 0.1) is 33.6 Å². The highest BCUT2D eigenvalue weighted by Crippen LogP contribution is 2.35. The van der Waals surface area contributed by atoms with Crippen LogP contribution in [0.15, 0.2) is 54.6 Å². The predicted octanol–water partition coefficient (Wildman–Crippen LogP) is 5.29. The number of aliphatic hydroxyl groups is 1. The molecule has 1 unspecified atom stereocenters. The molecule has 2 N–H and O–H groups in total. The van der Waals surface area contributed by atoms with Gasteiger partial charge >= 0.3 is 18.1 Å². The van der Waals surface area contributed by atoms with Crippen molar-refractivity contribution in [3.63, 3.8) is 0 Å². The highest BCUT2D eigenvalue weighted by Gasteiger charge is 2.49. The Morgan fingerprint density at radius 1 is 1.06 bits per heavy atom. The zero-order valence-corrected chi connectivity index (χ0v) is 30.8. The topological polar surface area (TPSA) is 134 Å². The first-order chi connectivity index (χ1) is 24.0. The molecule has 2 aliphatic rings. The second-order valence-corrected chi connectivity index (χ2v) is 22.1. The van der Waals surface area contributed by atoms with Crippen LogP contribution < -0.4 is 9.46 Å². The van der Waals surface area contributed by atoms with E-state index in [9.17, 15) is 27.3 Å². The molecule has 0 bridgehead atoms. The summed E-state index contributed by atoms with van der Waals surface area (Å²) in [5, 5.41) is 11.7. The number of halogens is 4. The Morgan fingerprint density at radius 2 is 1.69 bits per heavy atom. The minimum absolute atomic E-state index is 0.142. The standard InChI is InChI=1S/C34H38ClF3N4O7SSi/c1-50(45,41-32(44)34(36,37)38)18-20-5-7-21(8-6-20)22-9-11-23(12-10-22)28-24(35)15-25-31(40-28)42(19-46-13-14-51(2,3)4)33(39-25)49-27-17-48-29-26(43)16-47-30(27)29/h5-12,15,18,26-27,29-30,43H,13-14,16-17,19H2,1-4H3,(H,41,44,45)/t26-,27-,29-,30-,50?/m1/s1. The Hall–Kier alpha value is -3.51. The van der Waals surface area contributed by atoms with Crippen LogP contribution >= 0.6 is 11.6 Å². The van der Waals surface area contributed by atoms with E-state index in [-0.39, 0.29) is 26.0 Å². The number of benzene rings is 2. The highest BCUT2D eigenvalue weighted by atomic mass is 35.5. The van der Waals surface area contributed by atoms with Crippen molar-refractivity contribution in [2.24, 2.45) is 0 Å². The maximum absolute atomic E-state index is 12.6. The number of aliphatic hydroxyl groups excluding tert-OH is 1. The summed E-state index contributed by atoms with van der Waals surface area (Å²) in [5.74, 6) is -2.27. The lowest BCUT2D eigenvalue weighted by molar-refractivity contribution is -0.171. The maximum atomic E-state index is 12.6. The van der Waals surface area contributed by atoms with Gasteiger partial charge in [0.15, 0.2) is 11.8 Å². The molecule has 0 radical (unpaired) electrons. The summed E-state index contributed by atoms with van der Waals surface area (Å²) in [6, 6.07) is 17.1. The fraction of sp³-hybridized carbons (Fsp3) is 0.412. The Morgan fingerprint density at radius 3 is 2.33 bits per heavy atom. The quantitative estimate of drug-likeness (QED) is 0.119. The lowest BCUT2D eigenvalue weighted by Gasteiger charge is -2.19. The van der Waals surface area contributed by atoms with Gasteiger partial charge in [-0.2, -0.15) is 18.2 Å². The van der Waals surface area contributed by atoms with E-state index in [4.69, 9.17) is 40.5 Å². The molecule has 0 spiro atoms. The molecule has 0 saturated carbocycles. The average Bonchev–Trinajstić information content (AvgIpc) is 3.72. The molecule has 4 aromatic rings. The minimum atomic E-state index is -5.14. The summed E-state index contributed by atoms with van der Waals surface area (Å²) in [4.78, 5) is 20.9. The normalized spacial score (nSPS) is 21.7. The molecule has 5 atom stereocenters. The molecule has 11 nitrogen and oxygen atoms in total. The first-order valence-corrected chi connectivity index (χ1v) is 22.3. The van der Waals surface area contributed by atoms with E-state index in [1.54, 1.807) is 34.9 Å². The molecule has 4 heterocycles. The van der Waals surface area contributed by atoms with Crippen molar-refractivity contribution < 1.29 is 46.2 Å². The molecule has 17 heteroatoms. The van der Waals surface area contributed by atoms with Crippen LogP contribution in [0.3, 0.4) is 0 Å². The molecule has 0 aliphatic carbocycles. The zero-order chi connectivity index (χ0) is 36.7. The third-order valence-electron chi connectivity index (χ3n) is 8.41. The van der Waals surface area contributed by atoms with E-state index in [1.807, 2.05) is 24.3 Å².